The first-order valence-corrected chi connectivity index (χ1v) is 25.8. The summed E-state index contributed by atoms with van der Waals surface area (Å²) in [6, 6.07) is 90.5. The smallest absolute Gasteiger partial charge is 0.201 e. The first-order chi connectivity index (χ1) is 30.6. The van der Waals surface area contributed by atoms with Gasteiger partial charge in [0.2, 0.25) is 5.45 Å². The van der Waals surface area contributed by atoms with Gasteiger partial charge in [-0.1, -0.05) is 170 Å². The zero-order valence-corrected chi connectivity index (χ0v) is 39.2. The van der Waals surface area contributed by atoms with Gasteiger partial charge in [-0.25, -0.2) is 0 Å². The molecule has 0 saturated heterocycles. The van der Waals surface area contributed by atoms with Crippen LogP contribution in [0.25, 0.3) is 0 Å². The van der Waals surface area contributed by atoms with Crippen molar-refractivity contribution in [3.63, 3.8) is 0 Å². The molecule has 8 aromatic carbocycles. The average molecular weight is 857 g/mol. The Labute approximate surface area is 377 Å². The quantitative estimate of drug-likeness (QED) is 0.112. The van der Waals surface area contributed by atoms with E-state index >= 15 is 0 Å². The van der Waals surface area contributed by atoms with Crippen molar-refractivity contribution in [3.05, 3.63) is 254 Å². The van der Waals surface area contributed by atoms with Crippen molar-refractivity contribution in [3.8, 4) is 0 Å². The molecule has 0 radical (unpaired) electrons. The fraction of sp³-hybridized carbons (Fsp3) is 0.169. The van der Waals surface area contributed by atoms with Crippen molar-refractivity contribution < 1.29 is 0 Å². The molecule has 1 heterocycles. The molecule has 1 aliphatic rings. The second kappa shape index (κ2) is 16.7. The lowest BCUT2D eigenvalue weighted by Gasteiger charge is -2.58. The van der Waals surface area contributed by atoms with Gasteiger partial charge in [0.1, 0.15) is 49.8 Å². The third kappa shape index (κ3) is 6.32. The van der Waals surface area contributed by atoms with Crippen molar-refractivity contribution >= 4 is 51.8 Å². The molecule has 0 spiro atoms. The molecule has 2 nitrogen and oxygen atoms in total. The van der Waals surface area contributed by atoms with Gasteiger partial charge in [-0.3, -0.25) is 5.01 Å². The minimum atomic E-state index is -2.70. The molecule has 0 aliphatic carbocycles. The molecule has 0 fully saturated rings. The van der Waals surface area contributed by atoms with E-state index in [2.05, 4.69) is 289 Å². The Morgan fingerprint density at radius 3 is 0.905 bits per heavy atom. The number of rotatable bonds is 12. The summed E-state index contributed by atoms with van der Waals surface area (Å²) in [4.78, 5) is 0. The van der Waals surface area contributed by atoms with Crippen LogP contribution in [0.2, 0.25) is 0 Å². The van der Waals surface area contributed by atoms with Crippen LogP contribution in [-0.2, 0) is 5.54 Å². The normalized spacial score (nSPS) is 15.1. The first-order valence-electron chi connectivity index (χ1n) is 22.2. The maximum Gasteiger partial charge on any atom is 0.201 e. The average Bonchev–Trinajstić information content (AvgIpc) is 3.60. The summed E-state index contributed by atoms with van der Waals surface area (Å²) in [7, 11) is -5.25. The standard InChI is InChI=1S/C59H58N2P2/c1-56(2)55(62(49-35-19-9-20-36-49,50-37-21-10-22-38-50)51-39-23-11-24-40-51)60-61(59(56,47-31-15-7-16-32-47)48-33-17-8-18-34-48)57(3,4)58(5,6)63(52-41-25-12-26-42-52,53-43-27-13-28-44-53)54-45-29-14-30-46-54/h7-46H,1-6H3/q+2. The van der Waals surface area contributed by atoms with E-state index < -0.39 is 36.2 Å². The highest BCUT2D eigenvalue weighted by atomic mass is 31.2. The minimum absolute atomic E-state index is 0.457. The molecule has 1 aliphatic heterocycles. The Hall–Kier alpha value is -5.91. The maximum absolute atomic E-state index is 6.50. The lowest BCUT2D eigenvalue weighted by Crippen LogP contribution is -2.67. The van der Waals surface area contributed by atoms with Crippen molar-refractivity contribution in [1.82, 2.24) is 5.01 Å². The zero-order chi connectivity index (χ0) is 43.8. The summed E-state index contributed by atoms with van der Waals surface area (Å²) in [5.41, 5.74) is 1.66. The molecular formula is C59H58N2P2+2. The predicted octanol–water partition coefficient (Wildman–Crippen LogP) is 12.1. The number of hydrogen-bond acceptors (Lipinski definition) is 2. The molecule has 9 rings (SSSR count). The molecule has 0 aromatic heterocycles. The van der Waals surface area contributed by atoms with Gasteiger partial charge in [0, 0.05) is 0 Å². The van der Waals surface area contributed by atoms with Crippen LogP contribution >= 0.6 is 14.5 Å². The van der Waals surface area contributed by atoms with E-state index in [0.717, 1.165) is 0 Å². The second-order valence-corrected chi connectivity index (χ2v) is 25.6. The Kier molecular flexibility index (Phi) is 11.2. The van der Waals surface area contributed by atoms with Crippen LogP contribution in [0.4, 0.5) is 0 Å². The summed E-state index contributed by atoms with van der Waals surface area (Å²) >= 11 is 0. The molecule has 8 aromatic rings. The summed E-state index contributed by atoms with van der Waals surface area (Å²) in [6.45, 7) is 15.1. The van der Waals surface area contributed by atoms with Crippen LogP contribution in [0.15, 0.2) is 248 Å². The fourth-order valence-corrected chi connectivity index (χ4v) is 21.4. The minimum Gasteiger partial charge on any atom is -0.268 e. The number of nitrogens with zero attached hydrogens (tertiary/aromatic N) is 2. The summed E-state index contributed by atoms with van der Waals surface area (Å²) < 4.78 is 0. The lowest BCUT2D eigenvalue weighted by molar-refractivity contribution is -0.0221. The molecule has 4 heteroatoms. The van der Waals surface area contributed by atoms with Crippen molar-refractivity contribution in [1.29, 1.82) is 0 Å². The molecular weight excluding hydrogens is 799 g/mol. The van der Waals surface area contributed by atoms with Gasteiger partial charge < -0.3 is 0 Å². The van der Waals surface area contributed by atoms with Crippen molar-refractivity contribution in [2.75, 3.05) is 0 Å². The Morgan fingerprint density at radius 1 is 0.365 bits per heavy atom. The molecule has 0 bridgehead atoms. The molecule has 312 valence electrons. The van der Waals surface area contributed by atoms with Gasteiger partial charge in [-0.2, -0.15) is 0 Å². The molecule has 0 unspecified atom stereocenters. The van der Waals surface area contributed by atoms with Gasteiger partial charge in [-0.15, -0.1) is 5.10 Å². The number of hydrogen-bond donors (Lipinski definition) is 0. The molecule has 0 saturated carbocycles. The Morgan fingerprint density at radius 2 is 0.619 bits per heavy atom. The van der Waals surface area contributed by atoms with Gasteiger partial charge in [0.25, 0.3) is 0 Å². The maximum atomic E-state index is 6.50. The van der Waals surface area contributed by atoms with Crippen LogP contribution in [0.3, 0.4) is 0 Å². The predicted molar refractivity (Wildman–Crippen MR) is 275 cm³/mol. The molecule has 63 heavy (non-hydrogen) atoms. The van der Waals surface area contributed by atoms with Crippen molar-refractivity contribution in [2.45, 2.75) is 57.8 Å². The van der Waals surface area contributed by atoms with Gasteiger partial charge >= 0.3 is 0 Å². The topological polar surface area (TPSA) is 15.6 Å². The van der Waals surface area contributed by atoms with E-state index in [-0.39, 0.29) is 0 Å². The number of benzene rings is 8. The fourth-order valence-electron chi connectivity index (χ4n) is 11.1. The monoisotopic (exact) mass is 856 g/mol. The highest BCUT2D eigenvalue weighted by Gasteiger charge is 2.75. The zero-order valence-electron chi connectivity index (χ0n) is 37.4. The van der Waals surface area contributed by atoms with Gasteiger partial charge in [-0.05, 0) is 125 Å². The molecule has 0 N–H and O–H groups in total. The molecule has 0 atom stereocenters. The third-order valence-electron chi connectivity index (χ3n) is 14.4. The Bertz CT molecular complexity index is 2540. The third-order valence-corrected chi connectivity index (χ3v) is 24.3. The van der Waals surface area contributed by atoms with Gasteiger partial charge in [0.15, 0.2) is 7.26 Å². The van der Waals surface area contributed by atoms with Crippen LogP contribution < -0.4 is 31.8 Å². The van der Waals surface area contributed by atoms with Crippen LogP contribution in [0.5, 0.6) is 0 Å². The number of hydrazone groups is 1. The van der Waals surface area contributed by atoms with Crippen LogP contribution in [0.1, 0.15) is 52.7 Å². The highest BCUT2D eigenvalue weighted by Crippen LogP contribution is 2.74. The van der Waals surface area contributed by atoms with Crippen LogP contribution in [-0.4, -0.2) is 21.2 Å². The second-order valence-electron chi connectivity index (χ2n) is 18.3. The van der Waals surface area contributed by atoms with E-state index in [9.17, 15) is 0 Å². The van der Waals surface area contributed by atoms with Gasteiger partial charge in [0.05, 0.1) is 11.0 Å². The Balaban J connectivity index is 1.47. The van der Waals surface area contributed by atoms with E-state index in [1.807, 2.05) is 0 Å². The van der Waals surface area contributed by atoms with E-state index in [1.165, 1.54) is 48.4 Å². The highest BCUT2D eigenvalue weighted by molar-refractivity contribution is 8.08. The lowest BCUT2D eigenvalue weighted by atomic mass is 9.63. The summed E-state index contributed by atoms with van der Waals surface area (Å²) in [5, 5.41) is 16.6. The van der Waals surface area contributed by atoms with E-state index in [4.69, 9.17) is 5.10 Å². The van der Waals surface area contributed by atoms with E-state index in [0.29, 0.717) is 0 Å². The van der Waals surface area contributed by atoms with Crippen LogP contribution in [0, 0.1) is 5.41 Å². The molecule has 0 amide bonds. The largest absolute Gasteiger partial charge is 0.268 e. The summed E-state index contributed by atoms with van der Waals surface area (Å²) in [5.74, 6) is 0. The van der Waals surface area contributed by atoms with E-state index in [1.54, 1.807) is 0 Å². The van der Waals surface area contributed by atoms with Crippen molar-refractivity contribution in [2.24, 2.45) is 10.5 Å². The first kappa shape index (κ1) is 42.4. The summed E-state index contributed by atoms with van der Waals surface area (Å²) in [6.07, 6.45) is 0. The SMILES string of the molecule is CC1(C)C([P+](c2ccccc2)(c2ccccc2)c2ccccc2)=NN(C(C)(C)C(C)(C)[P+](c2ccccc2)(c2ccccc2)c2ccccc2)C1(c1ccccc1)c1ccccc1.